The second kappa shape index (κ2) is 7.59. The number of nitrogens with zero attached hydrogens (tertiary/aromatic N) is 5. The summed E-state index contributed by atoms with van der Waals surface area (Å²) in [7, 11) is 0. The van der Waals surface area contributed by atoms with Crippen molar-refractivity contribution in [2.75, 3.05) is 0 Å². The number of benzene rings is 2. The fourth-order valence-corrected chi connectivity index (χ4v) is 3.19. The zero-order valence-electron chi connectivity index (χ0n) is 14.4. The van der Waals surface area contributed by atoms with Gasteiger partial charge >= 0.3 is 0 Å². The summed E-state index contributed by atoms with van der Waals surface area (Å²) in [6.45, 7) is 0.738. The molecule has 2 aromatic carbocycles. The first-order valence-corrected chi connectivity index (χ1v) is 8.92. The molecular weight excluding hydrogens is 364 g/mol. The van der Waals surface area contributed by atoms with E-state index in [1.165, 1.54) is 0 Å². The minimum atomic E-state index is 0.0600. The standard InChI is InChI=1S/C19H17ClN6O/c20-15-11-14(8-9-16(15)27)19-18(13-5-2-1-3-6-13)21-12-26(19)10-4-7-17-22-24-25-23-17/h1-3,5-6,8-9,11-12,27H,4,7,10H2,(H,22,23,24,25). The van der Waals surface area contributed by atoms with Gasteiger partial charge in [0.25, 0.3) is 0 Å². The lowest BCUT2D eigenvalue weighted by atomic mass is 10.0. The maximum absolute atomic E-state index is 9.77. The van der Waals surface area contributed by atoms with Crippen LogP contribution in [0.5, 0.6) is 5.75 Å². The molecule has 0 saturated carbocycles. The molecule has 0 aliphatic heterocycles. The van der Waals surface area contributed by atoms with Gasteiger partial charge in [0, 0.05) is 24.1 Å². The highest BCUT2D eigenvalue weighted by molar-refractivity contribution is 6.32. The molecule has 136 valence electrons. The summed E-state index contributed by atoms with van der Waals surface area (Å²) in [6.07, 6.45) is 3.38. The predicted octanol–water partition coefficient (Wildman–Crippen LogP) is 3.72. The van der Waals surface area contributed by atoms with E-state index in [1.807, 2.05) is 42.7 Å². The van der Waals surface area contributed by atoms with Crippen LogP contribution in [0.1, 0.15) is 12.2 Å². The van der Waals surface area contributed by atoms with Gasteiger partial charge in [-0.3, -0.25) is 0 Å². The first-order valence-electron chi connectivity index (χ1n) is 8.54. The number of phenolic OH excluding ortho intramolecular Hbond substituents is 1. The number of aromatic nitrogens is 6. The highest BCUT2D eigenvalue weighted by Gasteiger charge is 2.16. The number of aromatic amines is 1. The van der Waals surface area contributed by atoms with Crippen LogP contribution in [0.25, 0.3) is 22.5 Å². The summed E-state index contributed by atoms with van der Waals surface area (Å²) in [5, 5.41) is 24.1. The Labute approximate surface area is 160 Å². The molecule has 0 spiro atoms. The molecule has 0 amide bonds. The van der Waals surface area contributed by atoms with Crippen LogP contribution in [0.3, 0.4) is 0 Å². The lowest BCUT2D eigenvalue weighted by Gasteiger charge is -2.11. The number of halogens is 1. The number of imidazole rings is 1. The number of aromatic hydroxyl groups is 1. The van der Waals surface area contributed by atoms with E-state index in [1.54, 1.807) is 12.1 Å². The molecule has 0 saturated heterocycles. The summed E-state index contributed by atoms with van der Waals surface area (Å²) in [4.78, 5) is 4.64. The summed E-state index contributed by atoms with van der Waals surface area (Å²) in [5.41, 5.74) is 3.75. The van der Waals surface area contributed by atoms with Crippen molar-refractivity contribution in [2.24, 2.45) is 0 Å². The van der Waals surface area contributed by atoms with Gasteiger partial charge in [0.1, 0.15) is 5.75 Å². The van der Waals surface area contributed by atoms with Crippen molar-refractivity contribution in [1.29, 1.82) is 0 Å². The minimum absolute atomic E-state index is 0.0600. The lowest BCUT2D eigenvalue weighted by molar-refractivity contribution is 0.475. The van der Waals surface area contributed by atoms with E-state index in [9.17, 15) is 5.11 Å². The third-order valence-corrected chi connectivity index (χ3v) is 4.60. The van der Waals surface area contributed by atoms with Gasteiger partial charge in [-0.05, 0) is 24.6 Å². The molecule has 27 heavy (non-hydrogen) atoms. The molecule has 2 N–H and O–H groups in total. The normalized spacial score (nSPS) is 11.0. The Balaban J connectivity index is 1.70. The summed E-state index contributed by atoms with van der Waals surface area (Å²) in [6, 6.07) is 15.2. The van der Waals surface area contributed by atoms with Gasteiger partial charge in [-0.15, -0.1) is 10.2 Å². The van der Waals surface area contributed by atoms with Crippen molar-refractivity contribution >= 4 is 11.6 Å². The highest BCUT2D eigenvalue weighted by Crippen LogP contribution is 2.35. The van der Waals surface area contributed by atoms with E-state index in [4.69, 9.17) is 11.6 Å². The molecule has 7 nitrogen and oxygen atoms in total. The Morgan fingerprint density at radius 2 is 1.93 bits per heavy atom. The van der Waals surface area contributed by atoms with E-state index in [0.717, 1.165) is 35.5 Å². The van der Waals surface area contributed by atoms with Gasteiger partial charge in [0.2, 0.25) is 0 Å². The number of rotatable bonds is 6. The number of H-pyrrole nitrogens is 1. The summed E-state index contributed by atoms with van der Waals surface area (Å²) >= 11 is 6.15. The minimum Gasteiger partial charge on any atom is -0.506 e. The van der Waals surface area contributed by atoms with Gasteiger partial charge in [-0.25, -0.2) is 4.98 Å². The first kappa shape index (κ1) is 17.2. The van der Waals surface area contributed by atoms with Crippen LogP contribution in [-0.2, 0) is 13.0 Å². The molecule has 8 heteroatoms. The third-order valence-electron chi connectivity index (χ3n) is 4.29. The average Bonchev–Trinajstić information content (AvgIpc) is 3.35. The molecule has 4 aromatic rings. The topological polar surface area (TPSA) is 92.5 Å². The van der Waals surface area contributed by atoms with Gasteiger partial charge in [0.15, 0.2) is 5.82 Å². The van der Waals surface area contributed by atoms with Crippen LogP contribution in [0.4, 0.5) is 0 Å². The van der Waals surface area contributed by atoms with Gasteiger partial charge < -0.3 is 9.67 Å². The van der Waals surface area contributed by atoms with Crippen molar-refractivity contribution in [3.05, 3.63) is 65.7 Å². The number of aryl methyl sites for hydroxylation is 2. The van der Waals surface area contributed by atoms with Gasteiger partial charge in [-0.1, -0.05) is 47.1 Å². The van der Waals surface area contributed by atoms with Crippen molar-refractivity contribution in [3.8, 4) is 28.3 Å². The molecule has 0 bridgehead atoms. The molecule has 0 fully saturated rings. The Morgan fingerprint density at radius 3 is 2.67 bits per heavy atom. The predicted molar refractivity (Wildman–Crippen MR) is 102 cm³/mol. The van der Waals surface area contributed by atoms with E-state index < -0.39 is 0 Å². The Hall–Kier alpha value is -3.19. The smallest absolute Gasteiger partial charge is 0.174 e. The number of hydrogen-bond donors (Lipinski definition) is 2. The number of phenols is 1. The third kappa shape index (κ3) is 3.68. The molecule has 4 rings (SSSR count). The van der Waals surface area contributed by atoms with E-state index in [0.29, 0.717) is 17.3 Å². The monoisotopic (exact) mass is 380 g/mol. The Morgan fingerprint density at radius 1 is 1.07 bits per heavy atom. The molecule has 2 heterocycles. The van der Waals surface area contributed by atoms with Crippen LogP contribution in [0.2, 0.25) is 5.02 Å². The van der Waals surface area contributed by atoms with Crippen LogP contribution in [-0.4, -0.2) is 35.3 Å². The van der Waals surface area contributed by atoms with E-state index in [-0.39, 0.29) is 5.75 Å². The lowest BCUT2D eigenvalue weighted by Crippen LogP contribution is -2.02. The number of tetrazole rings is 1. The first-order chi connectivity index (χ1) is 13.2. The highest BCUT2D eigenvalue weighted by atomic mass is 35.5. The molecule has 0 aliphatic rings. The van der Waals surface area contributed by atoms with Crippen molar-refractivity contribution in [3.63, 3.8) is 0 Å². The van der Waals surface area contributed by atoms with Crippen LogP contribution in [0.15, 0.2) is 54.9 Å². The molecule has 0 radical (unpaired) electrons. The number of nitrogens with one attached hydrogen (secondary N) is 1. The van der Waals surface area contributed by atoms with Gasteiger partial charge in [-0.2, -0.15) is 5.21 Å². The quantitative estimate of drug-likeness (QED) is 0.531. The molecule has 0 unspecified atom stereocenters. The zero-order chi connectivity index (χ0) is 18.6. The second-order valence-electron chi connectivity index (χ2n) is 6.10. The Bertz CT molecular complexity index is 1030. The maximum Gasteiger partial charge on any atom is 0.174 e. The number of hydrogen-bond acceptors (Lipinski definition) is 5. The fraction of sp³-hybridized carbons (Fsp3) is 0.158. The Kier molecular flexibility index (Phi) is 4.84. The molecule has 0 aliphatic carbocycles. The summed E-state index contributed by atoms with van der Waals surface area (Å²) in [5.74, 6) is 0.748. The van der Waals surface area contributed by atoms with Crippen molar-refractivity contribution < 1.29 is 5.11 Å². The molecule has 0 atom stereocenters. The van der Waals surface area contributed by atoms with E-state index >= 15 is 0 Å². The van der Waals surface area contributed by atoms with Crippen LogP contribution < -0.4 is 0 Å². The zero-order valence-corrected chi connectivity index (χ0v) is 15.1. The van der Waals surface area contributed by atoms with E-state index in [2.05, 4.69) is 30.2 Å². The fourth-order valence-electron chi connectivity index (χ4n) is 3.01. The SMILES string of the molecule is Oc1ccc(-c2c(-c3ccccc3)ncn2CCCc2nn[nH]n2)cc1Cl. The molecule has 2 aromatic heterocycles. The molecular formula is C19H17ClN6O. The summed E-state index contributed by atoms with van der Waals surface area (Å²) < 4.78 is 2.09. The van der Waals surface area contributed by atoms with Crippen molar-refractivity contribution in [2.45, 2.75) is 19.4 Å². The maximum atomic E-state index is 9.77. The average molecular weight is 381 g/mol. The van der Waals surface area contributed by atoms with Crippen LogP contribution in [0, 0.1) is 0 Å². The van der Waals surface area contributed by atoms with Crippen molar-refractivity contribution in [1.82, 2.24) is 30.2 Å². The second-order valence-corrected chi connectivity index (χ2v) is 6.51. The largest absolute Gasteiger partial charge is 0.506 e. The van der Waals surface area contributed by atoms with Gasteiger partial charge in [0.05, 0.1) is 22.7 Å². The van der Waals surface area contributed by atoms with Crippen LogP contribution >= 0.6 is 11.6 Å².